The quantitative estimate of drug-likeness (QED) is 0.847. The number of hydrogen-bond donors (Lipinski definition) is 2. The van der Waals surface area contributed by atoms with Gasteiger partial charge in [0, 0.05) is 24.0 Å². The second-order valence-electron chi connectivity index (χ2n) is 6.76. The van der Waals surface area contributed by atoms with Crippen LogP contribution in [0.3, 0.4) is 0 Å². The highest BCUT2D eigenvalue weighted by atomic mass is 32.1. The average Bonchev–Trinajstić information content (AvgIpc) is 2.84. The molecular weight excluding hydrogens is 286 g/mol. The minimum absolute atomic E-state index is 0.222. The van der Waals surface area contributed by atoms with E-state index in [1.54, 1.807) is 11.3 Å². The number of rotatable bonds is 6. The molecule has 120 valence electrons. The largest absolute Gasteiger partial charge is 0.444 e. The van der Waals surface area contributed by atoms with Crippen molar-refractivity contribution in [3.63, 3.8) is 0 Å². The Morgan fingerprint density at radius 1 is 1.38 bits per heavy atom. The molecule has 1 atom stereocenters. The maximum absolute atomic E-state index is 11.8. The van der Waals surface area contributed by atoms with Crippen LogP contribution in [-0.2, 0) is 11.3 Å². The highest BCUT2D eigenvalue weighted by molar-refractivity contribution is 7.07. The zero-order valence-corrected chi connectivity index (χ0v) is 14.6. The topological polar surface area (TPSA) is 63.2 Å². The fourth-order valence-corrected chi connectivity index (χ4v) is 2.22. The van der Waals surface area contributed by atoms with Gasteiger partial charge in [-0.3, -0.25) is 0 Å². The maximum atomic E-state index is 11.8. The van der Waals surface area contributed by atoms with E-state index in [0.29, 0.717) is 19.0 Å². The Bertz CT molecular complexity index is 440. The molecule has 2 N–H and O–H groups in total. The van der Waals surface area contributed by atoms with Crippen LogP contribution in [-0.4, -0.2) is 28.8 Å². The Morgan fingerprint density at radius 3 is 2.52 bits per heavy atom. The minimum atomic E-state index is -0.480. The number of nitrogens with one attached hydrogen (secondary N) is 2. The molecule has 21 heavy (non-hydrogen) atoms. The van der Waals surface area contributed by atoms with E-state index in [1.165, 1.54) is 0 Å². The molecule has 0 bridgehead atoms. The van der Waals surface area contributed by atoms with Crippen LogP contribution < -0.4 is 10.6 Å². The van der Waals surface area contributed by atoms with Gasteiger partial charge in [-0.1, -0.05) is 13.8 Å². The number of amides is 1. The molecule has 0 radical (unpaired) electrons. The van der Waals surface area contributed by atoms with Gasteiger partial charge in [-0.2, -0.15) is 0 Å². The van der Waals surface area contributed by atoms with Gasteiger partial charge < -0.3 is 15.4 Å². The zero-order valence-electron chi connectivity index (χ0n) is 13.8. The Morgan fingerprint density at radius 2 is 2.05 bits per heavy atom. The monoisotopic (exact) mass is 313 g/mol. The summed E-state index contributed by atoms with van der Waals surface area (Å²) in [6.45, 7) is 13.1. The summed E-state index contributed by atoms with van der Waals surface area (Å²) in [5.41, 5.74) is 2.14. The smallest absolute Gasteiger partial charge is 0.407 e. The number of alkyl carbamates (subject to hydrolysis) is 1. The summed E-state index contributed by atoms with van der Waals surface area (Å²) in [5.74, 6) is 0.353. The van der Waals surface area contributed by atoms with Crippen molar-refractivity contribution >= 4 is 17.4 Å². The Hall–Kier alpha value is -1.14. The van der Waals surface area contributed by atoms with Crippen LogP contribution in [0.1, 0.15) is 47.2 Å². The Labute approximate surface area is 131 Å². The Kier molecular flexibility index (Phi) is 6.16. The molecule has 0 fully saturated rings. The lowest BCUT2D eigenvalue weighted by molar-refractivity contribution is 0.0503. The van der Waals surface area contributed by atoms with Crippen LogP contribution in [0.5, 0.6) is 0 Å². The predicted molar refractivity (Wildman–Crippen MR) is 86.4 cm³/mol. The molecule has 1 heterocycles. The first kappa shape index (κ1) is 17.9. The van der Waals surface area contributed by atoms with Gasteiger partial charge >= 0.3 is 6.09 Å². The summed E-state index contributed by atoms with van der Waals surface area (Å²) in [6.07, 6.45) is -0.384. The number of hydrogen-bond acceptors (Lipinski definition) is 5. The van der Waals surface area contributed by atoms with Gasteiger partial charge in [0.1, 0.15) is 5.60 Å². The number of aromatic nitrogens is 1. The van der Waals surface area contributed by atoms with Gasteiger partial charge in [-0.25, -0.2) is 9.78 Å². The second-order valence-corrected chi connectivity index (χ2v) is 7.48. The van der Waals surface area contributed by atoms with Crippen LogP contribution in [0.2, 0.25) is 0 Å². The first-order valence-electron chi connectivity index (χ1n) is 7.21. The molecule has 0 saturated carbocycles. The molecule has 0 aliphatic rings. The van der Waals surface area contributed by atoms with Crippen molar-refractivity contribution in [3.8, 4) is 0 Å². The molecule has 0 aliphatic heterocycles. The third kappa shape index (κ3) is 6.44. The van der Waals surface area contributed by atoms with E-state index < -0.39 is 5.60 Å². The summed E-state index contributed by atoms with van der Waals surface area (Å²) >= 11 is 1.58. The summed E-state index contributed by atoms with van der Waals surface area (Å²) in [6, 6.07) is 0. The number of ether oxygens (including phenoxy) is 1. The van der Waals surface area contributed by atoms with Crippen LogP contribution >= 0.6 is 11.3 Å². The second kappa shape index (κ2) is 7.22. The van der Waals surface area contributed by atoms with Crippen LogP contribution in [0.15, 0.2) is 10.9 Å². The summed E-state index contributed by atoms with van der Waals surface area (Å²) in [4.78, 5) is 16.1. The van der Waals surface area contributed by atoms with Gasteiger partial charge in [0.25, 0.3) is 0 Å². The number of carbonyl (C=O) groups excluding carboxylic acids is 1. The first-order chi connectivity index (χ1) is 9.62. The van der Waals surface area contributed by atoms with Crippen molar-refractivity contribution in [2.45, 2.75) is 59.2 Å². The molecule has 1 aromatic heterocycles. The van der Waals surface area contributed by atoms with E-state index in [2.05, 4.69) is 36.4 Å². The highest BCUT2D eigenvalue weighted by Gasteiger charge is 2.29. The standard InChI is InChI=1S/C15H27N3O2S/c1-11(2)15(6,18-7-12-8-21-10-17-12)9-16-13(19)20-14(3,4)5/h8,10-11,18H,7,9H2,1-6H3,(H,16,19). The minimum Gasteiger partial charge on any atom is -0.444 e. The third-order valence-electron chi connectivity index (χ3n) is 3.43. The molecule has 0 spiro atoms. The lowest BCUT2D eigenvalue weighted by atomic mass is 9.88. The predicted octanol–water partition coefficient (Wildman–Crippen LogP) is 3.17. The summed E-state index contributed by atoms with van der Waals surface area (Å²) in [5, 5.41) is 8.36. The van der Waals surface area contributed by atoms with Crippen LogP contribution in [0.4, 0.5) is 4.79 Å². The van der Waals surface area contributed by atoms with Gasteiger partial charge in [0.05, 0.1) is 11.2 Å². The highest BCUT2D eigenvalue weighted by Crippen LogP contribution is 2.17. The summed E-state index contributed by atoms with van der Waals surface area (Å²) in [7, 11) is 0. The van der Waals surface area contributed by atoms with Crippen molar-refractivity contribution in [2.24, 2.45) is 5.92 Å². The van der Waals surface area contributed by atoms with Crippen molar-refractivity contribution in [3.05, 3.63) is 16.6 Å². The number of thiazole rings is 1. The van der Waals surface area contributed by atoms with E-state index in [0.717, 1.165) is 5.69 Å². The van der Waals surface area contributed by atoms with E-state index in [9.17, 15) is 4.79 Å². The molecule has 1 unspecified atom stereocenters. The molecular formula is C15H27N3O2S. The van der Waals surface area contributed by atoms with Gasteiger partial charge in [-0.15, -0.1) is 11.3 Å². The van der Waals surface area contributed by atoms with Crippen LogP contribution in [0.25, 0.3) is 0 Å². The van der Waals surface area contributed by atoms with Gasteiger partial charge in [-0.05, 0) is 33.6 Å². The molecule has 1 aromatic rings. The van der Waals surface area contributed by atoms with Gasteiger partial charge in [0.2, 0.25) is 0 Å². The zero-order chi connectivity index (χ0) is 16.1. The van der Waals surface area contributed by atoms with E-state index in [4.69, 9.17) is 4.74 Å². The lowest BCUT2D eigenvalue weighted by Gasteiger charge is -2.35. The molecule has 1 amide bonds. The molecule has 0 aliphatic carbocycles. The normalized spacial score (nSPS) is 14.8. The van der Waals surface area contributed by atoms with Crippen molar-refractivity contribution in [2.75, 3.05) is 6.54 Å². The molecule has 0 saturated heterocycles. The fraction of sp³-hybridized carbons (Fsp3) is 0.733. The molecule has 0 aromatic carbocycles. The van der Waals surface area contributed by atoms with E-state index in [-0.39, 0.29) is 11.6 Å². The van der Waals surface area contributed by atoms with Gasteiger partial charge in [0.15, 0.2) is 0 Å². The molecule has 5 nitrogen and oxygen atoms in total. The van der Waals surface area contributed by atoms with Crippen LogP contribution in [0, 0.1) is 5.92 Å². The van der Waals surface area contributed by atoms with Crippen molar-refractivity contribution < 1.29 is 9.53 Å². The fourth-order valence-electron chi connectivity index (χ4n) is 1.66. The number of carbonyl (C=O) groups is 1. The third-order valence-corrected chi connectivity index (χ3v) is 4.07. The number of nitrogens with zero attached hydrogens (tertiary/aromatic N) is 1. The maximum Gasteiger partial charge on any atom is 0.407 e. The first-order valence-corrected chi connectivity index (χ1v) is 8.15. The van der Waals surface area contributed by atoms with Crippen molar-refractivity contribution in [1.82, 2.24) is 15.6 Å². The molecule has 1 rings (SSSR count). The lowest BCUT2D eigenvalue weighted by Crippen LogP contribution is -2.55. The van der Waals surface area contributed by atoms with E-state index in [1.807, 2.05) is 31.7 Å². The Balaban J connectivity index is 2.53. The van der Waals surface area contributed by atoms with Crippen molar-refractivity contribution in [1.29, 1.82) is 0 Å². The molecule has 6 heteroatoms. The SMILES string of the molecule is CC(C)C(C)(CNC(=O)OC(C)(C)C)NCc1cscn1. The summed E-state index contributed by atoms with van der Waals surface area (Å²) < 4.78 is 5.27. The average molecular weight is 313 g/mol. The van der Waals surface area contributed by atoms with E-state index >= 15 is 0 Å².